The van der Waals surface area contributed by atoms with Gasteiger partial charge in [0, 0.05) is 51.9 Å². The quantitative estimate of drug-likeness (QED) is 0.774. The normalized spacial score (nSPS) is 26.5. The zero-order chi connectivity index (χ0) is 13.2. The van der Waals surface area contributed by atoms with Crippen LogP contribution in [0.1, 0.15) is 26.7 Å². The topological polar surface area (TPSA) is 30.5 Å². The second kappa shape index (κ2) is 9.73. The number of unbranched alkanes of at least 4 members (excludes halogenated alkanes) is 1. The van der Waals surface area contributed by atoms with Crippen LogP contribution in [-0.4, -0.2) is 75.2 Å². The fraction of sp³-hybridized carbons (Fsp3) is 1.00. The van der Waals surface area contributed by atoms with Gasteiger partial charge in [0.05, 0.1) is 0 Å². The van der Waals surface area contributed by atoms with Gasteiger partial charge in [-0.3, -0.25) is 0 Å². The summed E-state index contributed by atoms with van der Waals surface area (Å²) in [5, 5.41) is 6.67. The minimum Gasteiger partial charge on any atom is -0.314 e. The summed E-state index contributed by atoms with van der Waals surface area (Å²) in [6.45, 7) is 14.2. The van der Waals surface area contributed by atoms with Gasteiger partial charge in [-0.2, -0.15) is 0 Å². The van der Waals surface area contributed by atoms with E-state index in [4.69, 9.17) is 0 Å². The fourth-order valence-electron chi connectivity index (χ4n) is 2.26. The first-order valence-corrected chi connectivity index (χ1v) is 7.58. The van der Waals surface area contributed by atoms with Crippen LogP contribution in [-0.2, 0) is 0 Å². The third kappa shape index (κ3) is 6.69. The number of likely N-dealkylation sites (N-methyl/N-ethyl adjacent to an activating group) is 1. The second-order valence-corrected chi connectivity index (χ2v) is 5.48. The molecule has 0 aromatic rings. The molecule has 2 fully saturated rings. The van der Waals surface area contributed by atoms with Crippen molar-refractivity contribution in [1.82, 2.24) is 20.4 Å². The molecule has 18 heavy (non-hydrogen) atoms. The lowest BCUT2D eigenvalue weighted by molar-refractivity contribution is 0.215. The van der Waals surface area contributed by atoms with Crippen LogP contribution in [0, 0.1) is 0 Å². The first-order chi connectivity index (χ1) is 8.74. The molecule has 4 nitrogen and oxygen atoms in total. The highest BCUT2D eigenvalue weighted by molar-refractivity contribution is 4.72. The molecule has 0 aromatic carbocycles. The largest absolute Gasteiger partial charge is 0.314 e. The number of nitrogens with one attached hydrogen (secondary N) is 2. The summed E-state index contributed by atoms with van der Waals surface area (Å²) in [7, 11) is 2.17. The average Bonchev–Trinajstić information content (AvgIpc) is 2.42. The van der Waals surface area contributed by atoms with E-state index in [-0.39, 0.29) is 0 Å². The van der Waals surface area contributed by atoms with E-state index in [1.54, 1.807) is 0 Å². The highest BCUT2D eigenvalue weighted by Gasteiger charge is 2.11. The maximum absolute atomic E-state index is 3.35. The van der Waals surface area contributed by atoms with Crippen LogP contribution in [0.2, 0.25) is 0 Å². The molecule has 2 N–H and O–H groups in total. The van der Waals surface area contributed by atoms with E-state index in [0.29, 0.717) is 0 Å². The molecule has 0 amide bonds. The Morgan fingerprint density at radius 3 is 2.22 bits per heavy atom. The van der Waals surface area contributed by atoms with Crippen molar-refractivity contribution in [3.63, 3.8) is 0 Å². The predicted molar refractivity (Wildman–Crippen MR) is 79.2 cm³/mol. The SMILES string of the molecule is CC1CNCCN1C.CCCCN1CCNCC1. The molecule has 108 valence electrons. The van der Waals surface area contributed by atoms with E-state index in [2.05, 4.69) is 41.3 Å². The maximum atomic E-state index is 3.35. The summed E-state index contributed by atoms with van der Waals surface area (Å²) in [5.41, 5.74) is 0. The van der Waals surface area contributed by atoms with Crippen molar-refractivity contribution >= 4 is 0 Å². The van der Waals surface area contributed by atoms with Gasteiger partial charge >= 0.3 is 0 Å². The molecule has 1 unspecified atom stereocenters. The van der Waals surface area contributed by atoms with Crippen molar-refractivity contribution in [2.45, 2.75) is 32.7 Å². The first-order valence-electron chi connectivity index (χ1n) is 7.58. The number of hydrogen-bond donors (Lipinski definition) is 2. The Balaban J connectivity index is 0.000000184. The molecule has 2 saturated heterocycles. The van der Waals surface area contributed by atoms with Gasteiger partial charge in [0.1, 0.15) is 0 Å². The predicted octanol–water partition coefficient (Wildman–Crippen LogP) is 0.602. The Kier molecular flexibility index (Phi) is 8.59. The van der Waals surface area contributed by atoms with Gasteiger partial charge in [0.2, 0.25) is 0 Å². The van der Waals surface area contributed by atoms with Gasteiger partial charge in [-0.15, -0.1) is 0 Å². The molecule has 0 saturated carbocycles. The van der Waals surface area contributed by atoms with E-state index in [0.717, 1.165) is 19.1 Å². The van der Waals surface area contributed by atoms with E-state index in [1.807, 2.05) is 0 Å². The Morgan fingerprint density at radius 2 is 1.72 bits per heavy atom. The molecular formula is C14H32N4. The fourth-order valence-corrected chi connectivity index (χ4v) is 2.26. The van der Waals surface area contributed by atoms with Gasteiger partial charge in [0.25, 0.3) is 0 Å². The first kappa shape index (κ1) is 15.9. The summed E-state index contributed by atoms with van der Waals surface area (Å²) in [6, 6.07) is 0.726. The molecule has 0 bridgehead atoms. The highest BCUT2D eigenvalue weighted by Crippen LogP contribution is 1.96. The Morgan fingerprint density at radius 1 is 1.06 bits per heavy atom. The minimum atomic E-state index is 0.726. The van der Waals surface area contributed by atoms with Gasteiger partial charge in [0.15, 0.2) is 0 Å². The highest BCUT2D eigenvalue weighted by atomic mass is 15.2. The van der Waals surface area contributed by atoms with E-state index < -0.39 is 0 Å². The molecular weight excluding hydrogens is 224 g/mol. The van der Waals surface area contributed by atoms with Crippen LogP contribution in [0.3, 0.4) is 0 Å². The lowest BCUT2D eigenvalue weighted by Gasteiger charge is -2.29. The number of hydrogen-bond acceptors (Lipinski definition) is 4. The summed E-state index contributed by atoms with van der Waals surface area (Å²) in [4.78, 5) is 4.91. The summed E-state index contributed by atoms with van der Waals surface area (Å²) in [5.74, 6) is 0. The van der Waals surface area contributed by atoms with Gasteiger partial charge in [-0.25, -0.2) is 0 Å². The summed E-state index contributed by atoms with van der Waals surface area (Å²) in [6.07, 6.45) is 2.68. The zero-order valence-corrected chi connectivity index (χ0v) is 12.5. The lowest BCUT2D eigenvalue weighted by atomic mass is 10.2. The molecule has 2 aliphatic rings. The smallest absolute Gasteiger partial charge is 0.0189 e. The van der Waals surface area contributed by atoms with E-state index >= 15 is 0 Å². The molecule has 0 aromatic heterocycles. The van der Waals surface area contributed by atoms with Gasteiger partial charge < -0.3 is 20.4 Å². The molecule has 0 spiro atoms. The standard InChI is InChI=1S/C8H18N2.C6H14N2/c1-2-3-6-10-7-4-9-5-8-10;1-6-5-7-3-4-8(6)2/h9H,2-8H2,1H3;6-7H,3-5H2,1-2H3. The lowest BCUT2D eigenvalue weighted by Crippen LogP contribution is -2.47. The molecule has 4 heteroatoms. The summed E-state index contributed by atoms with van der Waals surface area (Å²) < 4.78 is 0. The Labute approximate surface area is 113 Å². The van der Waals surface area contributed by atoms with Crippen molar-refractivity contribution in [2.75, 3.05) is 59.4 Å². The molecule has 0 aliphatic carbocycles. The van der Waals surface area contributed by atoms with Crippen LogP contribution >= 0.6 is 0 Å². The van der Waals surface area contributed by atoms with Gasteiger partial charge in [-0.1, -0.05) is 13.3 Å². The molecule has 2 aliphatic heterocycles. The van der Waals surface area contributed by atoms with Crippen LogP contribution in [0.5, 0.6) is 0 Å². The van der Waals surface area contributed by atoms with Crippen molar-refractivity contribution in [3.05, 3.63) is 0 Å². The van der Waals surface area contributed by atoms with Crippen LogP contribution in [0.25, 0.3) is 0 Å². The van der Waals surface area contributed by atoms with Crippen LogP contribution in [0.4, 0.5) is 0 Å². The third-order valence-corrected chi connectivity index (χ3v) is 3.87. The Hall–Kier alpha value is -0.160. The number of piperazine rings is 2. The maximum Gasteiger partial charge on any atom is 0.0189 e. The molecule has 2 heterocycles. The molecule has 2 rings (SSSR count). The van der Waals surface area contributed by atoms with Crippen LogP contribution < -0.4 is 10.6 Å². The van der Waals surface area contributed by atoms with Crippen molar-refractivity contribution in [1.29, 1.82) is 0 Å². The van der Waals surface area contributed by atoms with Crippen LogP contribution in [0.15, 0.2) is 0 Å². The third-order valence-electron chi connectivity index (χ3n) is 3.87. The van der Waals surface area contributed by atoms with Crippen molar-refractivity contribution in [2.24, 2.45) is 0 Å². The Bertz CT molecular complexity index is 182. The zero-order valence-electron chi connectivity index (χ0n) is 12.5. The van der Waals surface area contributed by atoms with Crippen molar-refractivity contribution in [3.8, 4) is 0 Å². The average molecular weight is 256 g/mol. The number of rotatable bonds is 3. The monoisotopic (exact) mass is 256 g/mol. The summed E-state index contributed by atoms with van der Waals surface area (Å²) >= 11 is 0. The van der Waals surface area contributed by atoms with Gasteiger partial charge in [-0.05, 0) is 26.9 Å². The second-order valence-electron chi connectivity index (χ2n) is 5.48. The van der Waals surface area contributed by atoms with Crippen molar-refractivity contribution < 1.29 is 0 Å². The van der Waals surface area contributed by atoms with E-state index in [9.17, 15) is 0 Å². The minimum absolute atomic E-state index is 0.726. The van der Waals surface area contributed by atoms with E-state index in [1.165, 1.54) is 52.1 Å². The molecule has 1 atom stereocenters. The molecule has 0 radical (unpaired) electrons. The number of nitrogens with zero attached hydrogens (tertiary/aromatic N) is 2.